The summed E-state index contributed by atoms with van der Waals surface area (Å²) in [6, 6.07) is 8.81. The fourth-order valence-electron chi connectivity index (χ4n) is 2.54. The van der Waals surface area contributed by atoms with Gasteiger partial charge in [-0.2, -0.15) is 0 Å². The highest BCUT2D eigenvalue weighted by atomic mass is 16.4. The van der Waals surface area contributed by atoms with Crippen LogP contribution >= 0.6 is 0 Å². The van der Waals surface area contributed by atoms with Gasteiger partial charge in [-0.05, 0) is 36.8 Å². The Morgan fingerprint density at radius 1 is 1.25 bits per heavy atom. The van der Waals surface area contributed by atoms with Crippen molar-refractivity contribution in [2.24, 2.45) is 5.92 Å². The van der Waals surface area contributed by atoms with Crippen LogP contribution in [0.3, 0.4) is 0 Å². The van der Waals surface area contributed by atoms with Gasteiger partial charge >= 0.3 is 5.97 Å². The van der Waals surface area contributed by atoms with E-state index in [1.165, 1.54) is 18.4 Å². The topological polar surface area (TPSA) is 40.5 Å². The maximum atomic E-state index is 11.0. The number of nitrogens with zero attached hydrogens (tertiary/aromatic N) is 1. The van der Waals surface area contributed by atoms with Gasteiger partial charge in [0.15, 0.2) is 0 Å². The van der Waals surface area contributed by atoms with Crippen LogP contribution in [0.25, 0.3) is 0 Å². The van der Waals surface area contributed by atoms with Crippen molar-refractivity contribution in [3.63, 3.8) is 0 Å². The first-order valence-corrected chi connectivity index (χ1v) is 7.53. The summed E-state index contributed by atoms with van der Waals surface area (Å²) in [4.78, 5) is 13.5. The highest BCUT2D eigenvalue weighted by molar-refractivity contribution is 5.75. The molecule has 0 saturated heterocycles. The smallest absolute Gasteiger partial charge is 0.310 e. The molecule has 1 unspecified atom stereocenters. The van der Waals surface area contributed by atoms with E-state index in [4.69, 9.17) is 5.11 Å². The molecule has 2 rings (SSSR count). The van der Waals surface area contributed by atoms with Crippen LogP contribution in [0.4, 0.5) is 0 Å². The van der Waals surface area contributed by atoms with E-state index in [0.717, 1.165) is 24.7 Å². The van der Waals surface area contributed by atoms with Crippen LogP contribution in [0.15, 0.2) is 24.3 Å². The van der Waals surface area contributed by atoms with Gasteiger partial charge in [-0.15, -0.1) is 0 Å². The lowest BCUT2D eigenvalue weighted by molar-refractivity contribution is -0.138. The zero-order chi connectivity index (χ0) is 14.7. The molecule has 1 N–H and O–H groups in total. The second-order valence-corrected chi connectivity index (χ2v) is 6.36. The lowest BCUT2D eigenvalue weighted by Crippen LogP contribution is -2.29. The summed E-state index contributed by atoms with van der Waals surface area (Å²) in [5.74, 6) is -0.515. The molecular weight excluding hydrogens is 250 g/mol. The summed E-state index contributed by atoms with van der Waals surface area (Å²) in [5.41, 5.74) is 2.15. The molecule has 3 nitrogen and oxygen atoms in total. The Hall–Kier alpha value is -1.35. The van der Waals surface area contributed by atoms with E-state index >= 15 is 0 Å². The van der Waals surface area contributed by atoms with Gasteiger partial charge in [0.2, 0.25) is 0 Å². The molecule has 1 atom stereocenters. The quantitative estimate of drug-likeness (QED) is 0.828. The van der Waals surface area contributed by atoms with Crippen molar-refractivity contribution >= 4 is 5.97 Å². The van der Waals surface area contributed by atoms with E-state index in [2.05, 4.69) is 30.9 Å². The molecule has 1 saturated carbocycles. The number of hydrogen-bond acceptors (Lipinski definition) is 2. The third-order valence-electron chi connectivity index (χ3n) is 3.90. The molecule has 1 aliphatic carbocycles. The fourth-order valence-corrected chi connectivity index (χ4v) is 2.54. The summed E-state index contributed by atoms with van der Waals surface area (Å²) >= 11 is 0. The van der Waals surface area contributed by atoms with Crippen molar-refractivity contribution in [1.29, 1.82) is 0 Å². The molecule has 3 heteroatoms. The Bertz CT molecular complexity index is 449. The summed E-state index contributed by atoms with van der Waals surface area (Å²) in [6.07, 6.45) is 2.64. The van der Waals surface area contributed by atoms with Gasteiger partial charge in [0.05, 0.1) is 5.92 Å². The zero-order valence-electron chi connectivity index (χ0n) is 12.7. The first-order chi connectivity index (χ1) is 9.47. The average Bonchev–Trinajstić information content (AvgIpc) is 3.21. The third kappa shape index (κ3) is 4.07. The van der Waals surface area contributed by atoms with Crippen LogP contribution in [0.1, 0.15) is 50.7 Å². The van der Waals surface area contributed by atoms with Gasteiger partial charge in [0.1, 0.15) is 0 Å². The van der Waals surface area contributed by atoms with Gasteiger partial charge in [0, 0.05) is 19.1 Å². The molecule has 1 aromatic rings. The monoisotopic (exact) mass is 275 g/mol. The van der Waals surface area contributed by atoms with E-state index in [-0.39, 0.29) is 0 Å². The molecule has 1 fully saturated rings. The molecule has 1 aliphatic rings. The normalized spacial score (nSPS) is 16.6. The van der Waals surface area contributed by atoms with Gasteiger partial charge in [-0.1, -0.05) is 38.1 Å². The first-order valence-electron chi connectivity index (χ1n) is 7.53. The second-order valence-electron chi connectivity index (χ2n) is 6.36. The fraction of sp³-hybridized carbons (Fsp3) is 0.588. The van der Waals surface area contributed by atoms with Crippen molar-refractivity contribution in [2.45, 2.75) is 52.1 Å². The minimum atomic E-state index is -0.767. The minimum Gasteiger partial charge on any atom is -0.481 e. The van der Waals surface area contributed by atoms with Crippen LogP contribution in [0.2, 0.25) is 0 Å². The van der Waals surface area contributed by atoms with E-state index in [1.54, 1.807) is 6.92 Å². The zero-order valence-corrected chi connectivity index (χ0v) is 12.7. The molecule has 0 spiro atoms. The number of benzene rings is 1. The van der Waals surface area contributed by atoms with Gasteiger partial charge in [-0.3, -0.25) is 9.69 Å². The van der Waals surface area contributed by atoms with E-state index in [0.29, 0.717) is 5.92 Å². The van der Waals surface area contributed by atoms with Gasteiger partial charge in [0.25, 0.3) is 0 Å². The maximum Gasteiger partial charge on any atom is 0.310 e. The highest BCUT2D eigenvalue weighted by Crippen LogP contribution is 2.29. The first kappa shape index (κ1) is 15.0. The van der Waals surface area contributed by atoms with E-state index in [1.807, 2.05) is 12.1 Å². The average molecular weight is 275 g/mol. The van der Waals surface area contributed by atoms with Crippen LogP contribution in [-0.2, 0) is 11.3 Å². The molecule has 0 radical (unpaired) electrons. The molecule has 0 heterocycles. The SMILES string of the molecule is CC(C)CN(Cc1ccc(C(C)C(=O)O)cc1)C1CC1. The summed E-state index contributed by atoms with van der Waals surface area (Å²) in [6.45, 7) is 8.36. The van der Waals surface area contributed by atoms with Crippen LogP contribution in [0.5, 0.6) is 0 Å². The standard InChI is InChI=1S/C17H25NO2/c1-12(2)10-18(16-8-9-16)11-14-4-6-15(7-5-14)13(3)17(19)20/h4-7,12-13,16H,8-11H2,1-3H3,(H,19,20). The highest BCUT2D eigenvalue weighted by Gasteiger charge is 2.29. The number of aliphatic carboxylic acids is 1. The molecule has 0 aromatic heterocycles. The van der Waals surface area contributed by atoms with E-state index < -0.39 is 11.9 Å². The lowest BCUT2D eigenvalue weighted by Gasteiger charge is -2.24. The lowest BCUT2D eigenvalue weighted by atomic mass is 10.00. The van der Waals surface area contributed by atoms with Crippen LogP contribution < -0.4 is 0 Å². The van der Waals surface area contributed by atoms with Crippen LogP contribution in [-0.4, -0.2) is 28.6 Å². The number of carboxylic acids is 1. The number of carboxylic acid groups (broad SMARTS) is 1. The maximum absolute atomic E-state index is 11.0. The van der Waals surface area contributed by atoms with Crippen molar-refractivity contribution in [1.82, 2.24) is 4.90 Å². The third-order valence-corrected chi connectivity index (χ3v) is 3.90. The van der Waals surface area contributed by atoms with Crippen molar-refractivity contribution < 1.29 is 9.90 Å². The molecule has 110 valence electrons. The number of rotatable bonds is 7. The Kier molecular flexibility index (Phi) is 4.81. The largest absolute Gasteiger partial charge is 0.481 e. The molecule has 20 heavy (non-hydrogen) atoms. The Morgan fingerprint density at radius 3 is 2.30 bits per heavy atom. The predicted molar refractivity (Wildman–Crippen MR) is 80.8 cm³/mol. The predicted octanol–water partition coefficient (Wildman–Crippen LogP) is 3.50. The van der Waals surface area contributed by atoms with Crippen molar-refractivity contribution in [3.8, 4) is 0 Å². The van der Waals surface area contributed by atoms with Crippen LogP contribution in [0, 0.1) is 5.92 Å². The Balaban J connectivity index is 2.00. The summed E-state index contributed by atoms with van der Waals surface area (Å²) < 4.78 is 0. The molecule has 0 bridgehead atoms. The number of carbonyl (C=O) groups is 1. The molecule has 0 amide bonds. The molecule has 0 aliphatic heterocycles. The van der Waals surface area contributed by atoms with Crippen molar-refractivity contribution in [2.75, 3.05) is 6.54 Å². The molecular formula is C17H25NO2. The Labute approximate surface area is 121 Å². The summed E-state index contributed by atoms with van der Waals surface area (Å²) in [7, 11) is 0. The Morgan fingerprint density at radius 2 is 1.85 bits per heavy atom. The van der Waals surface area contributed by atoms with Gasteiger partial charge < -0.3 is 5.11 Å². The molecule has 1 aromatic carbocycles. The van der Waals surface area contributed by atoms with Gasteiger partial charge in [-0.25, -0.2) is 0 Å². The van der Waals surface area contributed by atoms with E-state index in [9.17, 15) is 4.79 Å². The number of hydrogen-bond donors (Lipinski definition) is 1. The second kappa shape index (κ2) is 6.40. The minimum absolute atomic E-state index is 0.431. The summed E-state index contributed by atoms with van der Waals surface area (Å²) in [5, 5.41) is 9.02. The van der Waals surface area contributed by atoms with Crippen molar-refractivity contribution in [3.05, 3.63) is 35.4 Å².